The molecule has 0 saturated heterocycles. The van der Waals surface area contributed by atoms with Crippen LogP contribution in [0.25, 0.3) is 0 Å². The van der Waals surface area contributed by atoms with Gasteiger partial charge in [-0.15, -0.1) is 0 Å². The van der Waals surface area contributed by atoms with Gasteiger partial charge in [0, 0.05) is 36.7 Å². The molecule has 2 amide bonds. The van der Waals surface area contributed by atoms with E-state index in [-0.39, 0.29) is 47.7 Å². The van der Waals surface area contributed by atoms with Crippen LogP contribution in [0.4, 0.5) is 10.1 Å². The minimum Gasteiger partial charge on any atom is -0.490 e. The maximum atomic E-state index is 14.8. The van der Waals surface area contributed by atoms with Crippen molar-refractivity contribution < 1.29 is 28.4 Å². The van der Waals surface area contributed by atoms with E-state index >= 15 is 0 Å². The summed E-state index contributed by atoms with van der Waals surface area (Å²) in [5.41, 5.74) is 0.875. The molecular formula is C31H34FN3O6. The van der Waals surface area contributed by atoms with Gasteiger partial charge in [-0.3, -0.25) is 19.7 Å². The van der Waals surface area contributed by atoms with Crippen molar-refractivity contribution >= 4 is 17.5 Å². The summed E-state index contributed by atoms with van der Waals surface area (Å²) in [6.45, 7) is -0.620. The molecule has 1 atom stereocenters. The van der Waals surface area contributed by atoms with Gasteiger partial charge in [0.05, 0.1) is 12.0 Å². The second-order valence-corrected chi connectivity index (χ2v) is 10.0. The summed E-state index contributed by atoms with van der Waals surface area (Å²) in [6, 6.07) is 18.5. The lowest BCUT2D eigenvalue weighted by molar-refractivity contribution is -0.385. The van der Waals surface area contributed by atoms with Gasteiger partial charge in [-0.05, 0) is 30.5 Å². The average Bonchev–Trinajstić information content (AvgIpc) is 2.99. The number of nitro benzene ring substituents is 1. The molecule has 3 aromatic carbocycles. The van der Waals surface area contributed by atoms with Gasteiger partial charge in [-0.25, -0.2) is 4.39 Å². The Hall–Kier alpha value is -4.47. The standard InChI is InChI=1S/C31H34FN3O6/c1-40-29-19-25(16-17-27(29)35(38)39)41-21-30(36)34(20-23-12-8-9-15-26(23)32)28(18-22-10-4-2-5-11-22)31(37)33-24-13-6-3-7-14-24/h2,4-5,8-12,15-17,19,24,28H,3,6-7,13-14,18,20-21H2,1H3,(H,33,37). The van der Waals surface area contributed by atoms with Gasteiger partial charge in [0.15, 0.2) is 6.61 Å². The van der Waals surface area contributed by atoms with Gasteiger partial charge in [-0.1, -0.05) is 67.8 Å². The number of halogens is 1. The third kappa shape index (κ3) is 8.03. The Kier molecular flexibility index (Phi) is 10.3. The second-order valence-electron chi connectivity index (χ2n) is 10.0. The molecule has 0 aliphatic heterocycles. The van der Waals surface area contributed by atoms with E-state index in [9.17, 15) is 24.1 Å². The maximum Gasteiger partial charge on any atom is 0.311 e. The molecule has 10 heteroatoms. The van der Waals surface area contributed by atoms with Gasteiger partial charge in [0.1, 0.15) is 17.6 Å². The lowest BCUT2D eigenvalue weighted by atomic mass is 9.94. The molecule has 3 aromatic rings. The van der Waals surface area contributed by atoms with E-state index < -0.39 is 29.3 Å². The minimum absolute atomic E-state index is 0.0167. The number of benzene rings is 3. The third-order valence-electron chi connectivity index (χ3n) is 7.23. The molecule has 41 heavy (non-hydrogen) atoms. The molecule has 4 rings (SSSR count). The van der Waals surface area contributed by atoms with Crippen LogP contribution in [0.3, 0.4) is 0 Å². The molecular weight excluding hydrogens is 529 g/mol. The van der Waals surface area contributed by atoms with Gasteiger partial charge >= 0.3 is 5.69 Å². The maximum absolute atomic E-state index is 14.8. The van der Waals surface area contributed by atoms with Crippen molar-refractivity contribution in [3.05, 3.63) is 99.9 Å². The predicted octanol–water partition coefficient (Wildman–Crippen LogP) is 5.21. The Morgan fingerprint density at radius 2 is 1.76 bits per heavy atom. The van der Waals surface area contributed by atoms with E-state index in [0.717, 1.165) is 37.7 Å². The van der Waals surface area contributed by atoms with Crippen molar-refractivity contribution in [2.45, 2.75) is 57.2 Å². The monoisotopic (exact) mass is 563 g/mol. The molecule has 1 fully saturated rings. The lowest BCUT2D eigenvalue weighted by Crippen LogP contribution is -2.53. The first-order valence-corrected chi connectivity index (χ1v) is 13.7. The Balaban J connectivity index is 1.62. The van der Waals surface area contributed by atoms with Gasteiger partial charge in [0.2, 0.25) is 11.7 Å². The highest BCUT2D eigenvalue weighted by atomic mass is 19.1. The zero-order valence-corrected chi connectivity index (χ0v) is 23.0. The summed E-state index contributed by atoms with van der Waals surface area (Å²) in [7, 11) is 1.30. The summed E-state index contributed by atoms with van der Waals surface area (Å²) < 4.78 is 25.6. The second kappa shape index (κ2) is 14.2. The van der Waals surface area contributed by atoms with E-state index in [1.54, 1.807) is 18.2 Å². The molecule has 0 aromatic heterocycles. The van der Waals surface area contributed by atoms with Crippen LogP contribution in [0.5, 0.6) is 11.5 Å². The predicted molar refractivity (Wildman–Crippen MR) is 151 cm³/mol. The van der Waals surface area contributed by atoms with Crippen LogP contribution in [0.2, 0.25) is 0 Å². The van der Waals surface area contributed by atoms with Gasteiger partial charge < -0.3 is 19.7 Å². The van der Waals surface area contributed by atoms with Crippen LogP contribution < -0.4 is 14.8 Å². The summed E-state index contributed by atoms with van der Waals surface area (Å²) in [4.78, 5) is 39.5. The number of ether oxygens (including phenoxy) is 2. The largest absolute Gasteiger partial charge is 0.490 e. The minimum atomic E-state index is -0.929. The Morgan fingerprint density at radius 3 is 2.44 bits per heavy atom. The zero-order valence-electron chi connectivity index (χ0n) is 23.0. The molecule has 1 aliphatic rings. The molecule has 216 valence electrons. The Morgan fingerprint density at radius 1 is 1.05 bits per heavy atom. The first kappa shape index (κ1) is 29.5. The number of nitrogens with zero attached hydrogens (tertiary/aromatic N) is 2. The number of nitrogens with one attached hydrogen (secondary N) is 1. The highest BCUT2D eigenvalue weighted by molar-refractivity contribution is 5.88. The van der Waals surface area contributed by atoms with Crippen LogP contribution in [0.1, 0.15) is 43.2 Å². The highest BCUT2D eigenvalue weighted by Crippen LogP contribution is 2.31. The van der Waals surface area contributed by atoms with E-state index in [2.05, 4.69) is 5.32 Å². The number of carbonyl (C=O) groups excluding carboxylic acids is 2. The number of amides is 2. The molecule has 1 aliphatic carbocycles. The first-order valence-electron chi connectivity index (χ1n) is 13.7. The molecule has 0 spiro atoms. The Labute approximate surface area is 238 Å². The number of carbonyl (C=O) groups is 2. The van der Waals surface area contributed by atoms with E-state index in [1.165, 1.54) is 36.3 Å². The van der Waals surface area contributed by atoms with Gasteiger partial charge in [0.25, 0.3) is 5.91 Å². The topological polar surface area (TPSA) is 111 Å². The summed E-state index contributed by atoms with van der Waals surface area (Å²) >= 11 is 0. The fourth-order valence-corrected chi connectivity index (χ4v) is 5.03. The number of hydrogen-bond donors (Lipinski definition) is 1. The zero-order chi connectivity index (χ0) is 29.2. The number of methoxy groups -OCH3 is 1. The molecule has 1 saturated carbocycles. The van der Waals surface area contributed by atoms with Crippen LogP contribution in [-0.2, 0) is 22.6 Å². The van der Waals surface area contributed by atoms with Crippen LogP contribution in [-0.4, -0.2) is 47.4 Å². The molecule has 0 bridgehead atoms. The van der Waals surface area contributed by atoms with Gasteiger partial charge in [-0.2, -0.15) is 0 Å². The normalized spacial score (nSPS) is 14.1. The fourth-order valence-electron chi connectivity index (χ4n) is 5.03. The van der Waals surface area contributed by atoms with Crippen molar-refractivity contribution in [1.82, 2.24) is 10.2 Å². The first-order chi connectivity index (χ1) is 19.9. The van der Waals surface area contributed by atoms with E-state index in [4.69, 9.17) is 9.47 Å². The molecule has 0 radical (unpaired) electrons. The molecule has 0 heterocycles. The molecule has 9 nitrogen and oxygen atoms in total. The number of rotatable bonds is 12. The van der Waals surface area contributed by atoms with Crippen molar-refractivity contribution in [3.8, 4) is 11.5 Å². The van der Waals surface area contributed by atoms with Crippen molar-refractivity contribution in [2.24, 2.45) is 0 Å². The highest BCUT2D eigenvalue weighted by Gasteiger charge is 2.32. The molecule has 1 N–H and O–H groups in total. The fraction of sp³-hybridized carbons (Fsp3) is 0.355. The van der Waals surface area contributed by atoms with Crippen molar-refractivity contribution in [3.63, 3.8) is 0 Å². The molecule has 1 unspecified atom stereocenters. The van der Waals surface area contributed by atoms with Crippen LogP contribution >= 0.6 is 0 Å². The average molecular weight is 564 g/mol. The van der Waals surface area contributed by atoms with Crippen LogP contribution in [0.15, 0.2) is 72.8 Å². The number of hydrogen-bond acceptors (Lipinski definition) is 6. The van der Waals surface area contributed by atoms with E-state index in [1.807, 2.05) is 30.3 Å². The SMILES string of the molecule is COc1cc(OCC(=O)N(Cc2ccccc2F)C(Cc2ccccc2)C(=O)NC2CCCCC2)ccc1[N+](=O)[O-]. The van der Waals surface area contributed by atoms with Crippen LogP contribution in [0, 0.1) is 15.9 Å². The smallest absolute Gasteiger partial charge is 0.311 e. The number of nitro groups is 1. The quantitative estimate of drug-likeness (QED) is 0.239. The summed E-state index contributed by atoms with van der Waals surface area (Å²) in [5, 5.41) is 14.4. The summed E-state index contributed by atoms with van der Waals surface area (Å²) in [6.07, 6.45) is 5.15. The lowest BCUT2D eigenvalue weighted by Gasteiger charge is -2.33. The van der Waals surface area contributed by atoms with Crippen molar-refractivity contribution in [2.75, 3.05) is 13.7 Å². The third-order valence-corrected chi connectivity index (χ3v) is 7.23. The summed E-state index contributed by atoms with van der Waals surface area (Å²) in [5.74, 6) is -1.17. The van der Waals surface area contributed by atoms with Crippen molar-refractivity contribution in [1.29, 1.82) is 0 Å². The van der Waals surface area contributed by atoms with E-state index in [0.29, 0.717) is 0 Å². The Bertz CT molecular complexity index is 1350.